The number of ketones is 1. The van der Waals surface area contributed by atoms with Crippen LogP contribution in [0.25, 0.3) is 11.3 Å². The number of aliphatic hydroxyl groups is 1. The summed E-state index contributed by atoms with van der Waals surface area (Å²) < 4.78 is 2.01. The molecule has 0 bridgehead atoms. The molecule has 0 saturated heterocycles. The Morgan fingerprint density at radius 2 is 1.81 bits per heavy atom. The van der Waals surface area contributed by atoms with Gasteiger partial charge in [-0.25, -0.2) is 0 Å². The lowest BCUT2D eigenvalue weighted by molar-refractivity contribution is -0.124. The topological polar surface area (TPSA) is 55.1 Å². The molecule has 2 aliphatic rings. The lowest BCUT2D eigenvalue weighted by atomic mass is 9.52. The van der Waals surface area contributed by atoms with E-state index in [1.165, 1.54) is 22.4 Å². The van der Waals surface area contributed by atoms with E-state index in [1.54, 1.807) is 0 Å². The monoisotopic (exact) mass is 412 g/mol. The minimum atomic E-state index is -0.304. The molecule has 3 atom stereocenters. The average molecular weight is 413 g/mol. The van der Waals surface area contributed by atoms with Crippen LogP contribution >= 0.6 is 0 Å². The molecule has 1 heterocycles. The van der Waals surface area contributed by atoms with Gasteiger partial charge in [-0.1, -0.05) is 67.6 Å². The van der Waals surface area contributed by atoms with Crippen LogP contribution in [0.1, 0.15) is 36.6 Å². The van der Waals surface area contributed by atoms with E-state index < -0.39 is 0 Å². The molecular weight excluding hydrogens is 384 g/mol. The van der Waals surface area contributed by atoms with Gasteiger partial charge in [-0.2, -0.15) is 5.10 Å². The molecule has 2 aliphatic carbocycles. The zero-order chi connectivity index (χ0) is 21.6. The van der Waals surface area contributed by atoms with E-state index >= 15 is 0 Å². The zero-order valence-corrected chi connectivity index (χ0v) is 18.1. The maximum atomic E-state index is 13.0. The van der Waals surface area contributed by atoms with Crippen molar-refractivity contribution in [2.24, 2.45) is 18.9 Å². The van der Waals surface area contributed by atoms with Gasteiger partial charge in [-0.3, -0.25) is 9.48 Å². The highest BCUT2D eigenvalue weighted by Gasteiger charge is 2.54. The molecule has 1 aromatic heterocycles. The lowest BCUT2D eigenvalue weighted by Crippen LogP contribution is -2.51. The summed E-state index contributed by atoms with van der Waals surface area (Å²) in [6.07, 6.45) is 4.26. The summed E-state index contributed by atoms with van der Waals surface area (Å²) in [6, 6.07) is 20.9. The highest BCUT2D eigenvalue weighted by Crippen LogP contribution is 2.55. The highest BCUT2D eigenvalue weighted by atomic mass is 16.2. The Balaban J connectivity index is 1.73. The number of aliphatic hydroxyl groups excluding tert-OH is 1. The fourth-order valence-corrected chi connectivity index (χ4v) is 6.11. The number of aromatic nitrogens is 2. The third-order valence-corrected chi connectivity index (χ3v) is 7.44. The number of carbonyl (C=O) groups is 1. The third-order valence-electron chi connectivity index (χ3n) is 7.44. The van der Waals surface area contributed by atoms with Crippen molar-refractivity contribution in [3.63, 3.8) is 0 Å². The summed E-state index contributed by atoms with van der Waals surface area (Å²) in [6.45, 7) is 2.03. The van der Waals surface area contributed by atoms with Gasteiger partial charge in [-0.05, 0) is 37.2 Å². The normalized spacial score (nSPS) is 26.5. The van der Waals surface area contributed by atoms with Crippen molar-refractivity contribution in [2.75, 3.05) is 0 Å². The second kappa shape index (κ2) is 7.52. The number of benzene rings is 2. The Morgan fingerprint density at radius 3 is 2.48 bits per heavy atom. The van der Waals surface area contributed by atoms with Crippen LogP contribution in [0.2, 0.25) is 0 Å². The van der Waals surface area contributed by atoms with Crippen LogP contribution in [0.15, 0.2) is 72.5 Å². The summed E-state index contributed by atoms with van der Waals surface area (Å²) in [4.78, 5) is 13.0. The van der Waals surface area contributed by atoms with Crippen LogP contribution in [0.3, 0.4) is 0 Å². The Labute approximate surface area is 183 Å². The maximum absolute atomic E-state index is 13.0. The molecule has 1 N–H and O–H groups in total. The summed E-state index contributed by atoms with van der Waals surface area (Å²) in [5.41, 5.74) is 6.20. The standard InChI is InChI=1S/C27H28N2O2/c1-18-23-14-13-22-24(20-11-7-4-8-12-20)29(2)28-26(22)27(23,16-21(17-30)25(18)31)15-19-9-5-3-6-10-19/h3-12,17-18,23,30H,13-16H2,1-2H3. The van der Waals surface area contributed by atoms with Crippen LogP contribution in [0.5, 0.6) is 0 Å². The van der Waals surface area contributed by atoms with Gasteiger partial charge in [0, 0.05) is 35.1 Å². The predicted molar refractivity (Wildman–Crippen MR) is 122 cm³/mol. The van der Waals surface area contributed by atoms with E-state index in [4.69, 9.17) is 5.10 Å². The van der Waals surface area contributed by atoms with Crippen LogP contribution < -0.4 is 0 Å². The molecule has 0 amide bonds. The molecule has 158 valence electrons. The molecular formula is C27H28N2O2. The van der Waals surface area contributed by atoms with Gasteiger partial charge >= 0.3 is 0 Å². The molecule has 1 saturated carbocycles. The number of fused-ring (bicyclic) bond motifs is 3. The highest BCUT2D eigenvalue weighted by molar-refractivity contribution is 5.98. The molecule has 2 aromatic carbocycles. The van der Waals surface area contributed by atoms with Crippen molar-refractivity contribution in [1.82, 2.24) is 9.78 Å². The molecule has 0 spiro atoms. The van der Waals surface area contributed by atoms with E-state index in [9.17, 15) is 9.90 Å². The SMILES string of the molecule is CC1C(=O)C(=CO)CC2(Cc3ccccc3)c3nn(C)c(-c4ccccc4)c3CCC12. The Morgan fingerprint density at radius 1 is 1.13 bits per heavy atom. The van der Waals surface area contributed by atoms with Crippen molar-refractivity contribution in [2.45, 2.75) is 38.0 Å². The number of Topliss-reactive ketones (excluding diaryl/α,β-unsaturated/α-hetero) is 1. The molecule has 3 aromatic rings. The number of aryl methyl sites for hydroxylation is 1. The molecule has 31 heavy (non-hydrogen) atoms. The van der Waals surface area contributed by atoms with Crippen molar-refractivity contribution < 1.29 is 9.90 Å². The molecule has 4 nitrogen and oxygen atoms in total. The van der Waals surface area contributed by atoms with Gasteiger partial charge < -0.3 is 5.11 Å². The first-order valence-corrected chi connectivity index (χ1v) is 11.1. The van der Waals surface area contributed by atoms with Crippen molar-refractivity contribution in [3.05, 3.63) is 89.3 Å². The maximum Gasteiger partial charge on any atom is 0.165 e. The van der Waals surface area contributed by atoms with Gasteiger partial charge in [0.1, 0.15) is 0 Å². The first-order valence-electron chi connectivity index (χ1n) is 11.1. The van der Waals surface area contributed by atoms with Gasteiger partial charge in [0.15, 0.2) is 5.78 Å². The van der Waals surface area contributed by atoms with Gasteiger partial charge in [0.25, 0.3) is 0 Å². The second-order valence-electron chi connectivity index (χ2n) is 9.11. The van der Waals surface area contributed by atoms with Gasteiger partial charge in [0.2, 0.25) is 0 Å². The van der Waals surface area contributed by atoms with Crippen LogP contribution in [0.4, 0.5) is 0 Å². The van der Waals surface area contributed by atoms with Crippen LogP contribution in [-0.4, -0.2) is 20.7 Å². The minimum absolute atomic E-state index is 0.0823. The lowest BCUT2D eigenvalue weighted by Gasteiger charge is -2.49. The first kappa shape index (κ1) is 19.8. The number of hydrogen-bond acceptors (Lipinski definition) is 3. The van der Waals surface area contributed by atoms with Gasteiger partial charge in [0.05, 0.1) is 17.6 Å². The van der Waals surface area contributed by atoms with Crippen molar-refractivity contribution >= 4 is 5.78 Å². The predicted octanol–water partition coefficient (Wildman–Crippen LogP) is 5.18. The molecule has 0 radical (unpaired) electrons. The van der Waals surface area contributed by atoms with E-state index in [-0.39, 0.29) is 23.0 Å². The largest absolute Gasteiger partial charge is 0.515 e. The fraction of sp³-hybridized carbons (Fsp3) is 0.333. The summed E-state index contributed by atoms with van der Waals surface area (Å²) in [5.74, 6) is 0.153. The average Bonchev–Trinajstić information content (AvgIpc) is 3.14. The Kier molecular flexibility index (Phi) is 4.81. The number of rotatable bonds is 3. The molecule has 5 rings (SSSR count). The van der Waals surface area contributed by atoms with E-state index in [0.717, 1.165) is 31.2 Å². The van der Waals surface area contributed by atoms with E-state index in [1.807, 2.05) is 30.8 Å². The van der Waals surface area contributed by atoms with Crippen LogP contribution in [0, 0.1) is 11.8 Å². The molecule has 3 unspecified atom stereocenters. The first-order chi connectivity index (χ1) is 15.0. The number of allylic oxidation sites excluding steroid dienone is 1. The Bertz CT molecular complexity index is 1150. The molecule has 4 heteroatoms. The second-order valence-corrected chi connectivity index (χ2v) is 9.11. The van der Waals surface area contributed by atoms with Crippen LogP contribution in [-0.2, 0) is 30.1 Å². The summed E-state index contributed by atoms with van der Waals surface area (Å²) in [5, 5.41) is 15.0. The molecule has 0 aliphatic heterocycles. The zero-order valence-electron chi connectivity index (χ0n) is 18.1. The smallest absolute Gasteiger partial charge is 0.165 e. The summed E-state index contributed by atoms with van der Waals surface area (Å²) >= 11 is 0. The Hall–Kier alpha value is -3.14. The van der Waals surface area contributed by atoms with Crippen molar-refractivity contribution in [1.29, 1.82) is 0 Å². The van der Waals surface area contributed by atoms with Gasteiger partial charge in [-0.15, -0.1) is 0 Å². The minimum Gasteiger partial charge on any atom is -0.515 e. The van der Waals surface area contributed by atoms with E-state index in [0.29, 0.717) is 12.0 Å². The van der Waals surface area contributed by atoms with Crippen molar-refractivity contribution in [3.8, 4) is 11.3 Å². The molecule has 1 fully saturated rings. The van der Waals surface area contributed by atoms with E-state index in [2.05, 4.69) is 48.5 Å². The quantitative estimate of drug-likeness (QED) is 0.476. The number of hydrogen-bond donors (Lipinski definition) is 1. The summed E-state index contributed by atoms with van der Waals surface area (Å²) in [7, 11) is 2.02. The number of carbonyl (C=O) groups excluding carboxylic acids is 1. The number of nitrogens with zero attached hydrogens (tertiary/aromatic N) is 2. The fourth-order valence-electron chi connectivity index (χ4n) is 6.11. The third kappa shape index (κ3) is 3.04.